The number of aryl methyl sites for hydroxylation is 3. The number of benzene rings is 1. The molecule has 0 aliphatic carbocycles. The number of hydrogen-bond acceptors (Lipinski definition) is 3. The molecule has 130 valence electrons. The topological polar surface area (TPSA) is 62.0 Å². The van der Waals surface area contributed by atoms with Crippen molar-refractivity contribution in [1.29, 1.82) is 0 Å². The van der Waals surface area contributed by atoms with Crippen LogP contribution < -0.4 is 0 Å². The first kappa shape index (κ1) is 17.1. The van der Waals surface area contributed by atoms with Crippen LogP contribution in [0.3, 0.4) is 0 Å². The summed E-state index contributed by atoms with van der Waals surface area (Å²) in [5.41, 5.74) is 7.30. The number of phenols is 1. The number of rotatable bonds is 5. The van der Waals surface area contributed by atoms with Gasteiger partial charge in [0.1, 0.15) is 11.5 Å². The van der Waals surface area contributed by atoms with E-state index in [-0.39, 0.29) is 5.75 Å². The molecular formula is C21H24N2O2. The van der Waals surface area contributed by atoms with Gasteiger partial charge in [0.25, 0.3) is 0 Å². The highest BCUT2D eigenvalue weighted by molar-refractivity contribution is 5.90. The first-order valence-corrected chi connectivity index (χ1v) is 8.64. The van der Waals surface area contributed by atoms with Crippen molar-refractivity contribution < 1.29 is 9.63 Å². The Morgan fingerprint density at radius 3 is 2.44 bits per heavy atom. The first-order chi connectivity index (χ1) is 12.0. The predicted molar refractivity (Wildman–Crippen MR) is 102 cm³/mol. The zero-order chi connectivity index (χ0) is 18.0. The molecule has 4 heteroatoms. The Morgan fingerprint density at radius 2 is 1.84 bits per heavy atom. The van der Waals surface area contributed by atoms with Crippen LogP contribution in [0.1, 0.15) is 42.5 Å². The summed E-state index contributed by atoms with van der Waals surface area (Å²) in [5.74, 6) is 1.06. The first-order valence-electron chi connectivity index (χ1n) is 8.64. The number of aromatic amines is 1. The largest absolute Gasteiger partial charge is 0.508 e. The normalized spacial score (nSPS) is 11.5. The fraction of sp³-hybridized carbons (Fsp3) is 0.286. The minimum absolute atomic E-state index is 0.262. The Kier molecular flexibility index (Phi) is 4.79. The molecule has 25 heavy (non-hydrogen) atoms. The zero-order valence-corrected chi connectivity index (χ0v) is 15.2. The number of phenolic OH excluding ortho intramolecular Hbond substituents is 1. The highest BCUT2D eigenvalue weighted by Crippen LogP contribution is 2.40. The van der Waals surface area contributed by atoms with Crippen LogP contribution in [0.5, 0.6) is 5.75 Å². The van der Waals surface area contributed by atoms with Crippen LogP contribution in [0.4, 0.5) is 0 Å². The van der Waals surface area contributed by atoms with Crippen molar-refractivity contribution in [2.75, 3.05) is 0 Å². The van der Waals surface area contributed by atoms with E-state index in [4.69, 9.17) is 4.52 Å². The highest BCUT2D eigenvalue weighted by Gasteiger charge is 2.21. The third kappa shape index (κ3) is 3.25. The average Bonchev–Trinajstić information content (AvgIpc) is 3.08. The molecule has 0 unspecified atom stereocenters. The minimum Gasteiger partial charge on any atom is -0.508 e. The van der Waals surface area contributed by atoms with Gasteiger partial charge in [-0.1, -0.05) is 42.8 Å². The Balaban J connectivity index is 2.25. The van der Waals surface area contributed by atoms with Crippen molar-refractivity contribution in [2.45, 2.75) is 40.5 Å². The molecule has 0 saturated carbocycles. The van der Waals surface area contributed by atoms with Crippen molar-refractivity contribution in [3.8, 4) is 28.1 Å². The number of allylic oxidation sites excluding steroid dienone is 1. The van der Waals surface area contributed by atoms with Gasteiger partial charge < -0.3 is 14.6 Å². The van der Waals surface area contributed by atoms with Crippen LogP contribution in [-0.2, 0) is 0 Å². The quantitative estimate of drug-likeness (QED) is 0.620. The molecule has 2 aromatic heterocycles. The molecular weight excluding hydrogens is 312 g/mol. The molecule has 0 atom stereocenters. The van der Waals surface area contributed by atoms with Crippen molar-refractivity contribution in [3.63, 3.8) is 0 Å². The van der Waals surface area contributed by atoms with Crippen molar-refractivity contribution in [1.82, 2.24) is 10.1 Å². The molecule has 4 nitrogen and oxygen atoms in total. The van der Waals surface area contributed by atoms with Crippen molar-refractivity contribution in [3.05, 3.63) is 53.1 Å². The van der Waals surface area contributed by atoms with E-state index < -0.39 is 0 Å². The Hall–Kier alpha value is -2.75. The molecule has 2 N–H and O–H groups in total. The molecule has 0 radical (unpaired) electrons. The maximum absolute atomic E-state index is 9.65. The second-order valence-corrected chi connectivity index (χ2v) is 6.35. The van der Waals surface area contributed by atoms with Gasteiger partial charge in [-0.05, 0) is 44.9 Å². The molecule has 1 aromatic carbocycles. The van der Waals surface area contributed by atoms with Crippen LogP contribution in [0, 0.1) is 20.8 Å². The molecule has 0 aliphatic heterocycles. The van der Waals surface area contributed by atoms with E-state index in [1.54, 1.807) is 12.1 Å². The van der Waals surface area contributed by atoms with Crippen molar-refractivity contribution in [2.24, 2.45) is 0 Å². The van der Waals surface area contributed by atoms with Crippen LogP contribution in [0.15, 0.2) is 34.9 Å². The maximum atomic E-state index is 9.65. The van der Waals surface area contributed by atoms with Gasteiger partial charge in [0, 0.05) is 16.8 Å². The van der Waals surface area contributed by atoms with Gasteiger partial charge in [-0.25, -0.2) is 0 Å². The second-order valence-electron chi connectivity index (χ2n) is 6.35. The standard InChI is InChI=1S/C21H24N2O2/c1-5-6-7-8-18-13(2)22-21(19-14(3)23-25-15(19)4)20(18)16-9-11-17(24)12-10-16/h7-12,22,24H,5-6H2,1-4H3/b8-7-. The molecule has 0 aliphatic rings. The van der Waals surface area contributed by atoms with E-state index >= 15 is 0 Å². The lowest BCUT2D eigenvalue weighted by atomic mass is 9.96. The lowest BCUT2D eigenvalue weighted by Gasteiger charge is -2.07. The minimum atomic E-state index is 0.262. The van der Waals surface area contributed by atoms with Crippen LogP contribution in [-0.4, -0.2) is 15.2 Å². The van der Waals surface area contributed by atoms with E-state index in [1.807, 2.05) is 26.0 Å². The summed E-state index contributed by atoms with van der Waals surface area (Å²) < 4.78 is 5.38. The predicted octanol–water partition coefficient (Wildman–Crippen LogP) is 5.78. The maximum Gasteiger partial charge on any atom is 0.143 e. The number of nitrogens with one attached hydrogen (secondary N) is 1. The molecule has 0 spiro atoms. The third-order valence-corrected chi connectivity index (χ3v) is 4.42. The summed E-state index contributed by atoms with van der Waals surface area (Å²) >= 11 is 0. The van der Waals surface area contributed by atoms with Crippen LogP contribution >= 0.6 is 0 Å². The van der Waals surface area contributed by atoms with Gasteiger partial charge in [0.05, 0.1) is 17.0 Å². The van der Waals surface area contributed by atoms with E-state index in [2.05, 4.69) is 36.1 Å². The van der Waals surface area contributed by atoms with E-state index in [0.29, 0.717) is 0 Å². The molecule has 0 bridgehead atoms. The Morgan fingerprint density at radius 1 is 1.12 bits per heavy atom. The summed E-state index contributed by atoms with van der Waals surface area (Å²) in [4.78, 5) is 3.52. The number of aromatic nitrogens is 2. The number of H-pyrrole nitrogens is 1. The smallest absolute Gasteiger partial charge is 0.143 e. The summed E-state index contributed by atoms with van der Waals surface area (Å²) in [5, 5.41) is 13.7. The SMILES string of the molecule is CCC/C=C\c1c(C)[nH]c(-c2c(C)noc2C)c1-c1ccc(O)cc1. The van der Waals surface area contributed by atoms with Gasteiger partial charge in [-0.15, -0.1) is 0 Å². The van der Waals surface area contributed by atoms with E-state index in [9.17, 15) is 5.11 Å². The van der Waals surface area contributed by atoms with Gasteiger partial charge in [-0.3, -0.25) is 0 Å². The molecule has 0 saturated heterocycles. The lowest BCUT2D eigenvalue weighted by Crippen LogP contribution is -1.87. The number of hydrogen-bond donors (Lipinski definition) is 2. The highest BCUT2D eigenvalue weighted by atomic mass is 16.5. The summed E-state index contributed by atoms with van der Waals surface area (Å²) in [6, 6.07) is 7.32. The second kappa shape index (κ2) is 7.01. The Labute approximate surface area is 148 Å². The number of aromatic hydroxyl groups is 1. The molecule has 0 fully saturated rings. The molecule has 0 amide bonds. The molecule has 2 heterocycles. The fourth-order valence-electron chi connectivity index (χ4n) is 3.17. The van der Waals surface area contributed by atoms with Gasteiger partial charge in [-0.2, -0.15) is 0 Å². The van der Waals surface area contributed by atoms with Crippen molar-refractivity contribution >= 4 is 6.08 Å². The Bertz CT molecular complexity index is 879. The third-order valence-electron chi connectivity index (χ3n) is 4.42. The molecule has 3 aromatic rings. The van der Waals surface area contributed by atoms with Crippen LogP contribution in [0.25, 0.3) is 28.5 Å². The lowest BCUT2D eigenvalue weighted by molar-refractivity contribution is 0.393. The van der Waals surface area contributed by atoms with E-state index in [0.717, 1.165) is 57.9 Å². The molecule has 3 rings (SSSR count). The monoisotopic (exact) mass is 336 g/mol. The zero-order valence-electron chi connectivity index (χ0n) is 15.2. The number of nitrogens with zero attached hydrogens (tertiary/aromatic N) is 1. The van der Waals surface area contributed by atoms with Gasteiger partial charge in [0.15, 0.2) is 0 Å². The van der Waals surface area contributed by atoms with Gasteiger partial charge in [0.2, 0.25) is 0 Å². The van der Waals surface area contributed by atoms with Crippen LogP contribution in [0.2, 0.25) is 0 Å². The summed E-state index contributed by atoms with van der Waals surface area (Å²) in [6.45, 7) is 8.13. The summed E-state index contributed by atoms with van der Waals surface area (Å²) in [6.07, 6.45) is 6.54. The number of unbranched alkanes of at least 4 members (excludes halogenated alkanes) is 1. The fourth-order valence-corrected chi connectivity index (χ4v) is 3.17. The van der Waals surface area contributed by atoms with Gasteiger partial charge >= 0.3 is 0 Å². The van der Waals surface area contributed by atoms with E-state index in [1.165, 1.54) is 0 Å². The summed E-state index contributed by atoms with van der Waals surface area (Å²) in [7, 11) is 0. The average molecular weight is 336 g/mol.